The van der Waals surface area contributed by atoms with Gasteiger partial charge >= 0.3 is 0 Å². The first-order valence-corrected chi connectivity index (χ1v) is 9.41. The fourth-order valence-electron chi connectivity index (χ4n) is 3.06. The Morgan fingerprint density at radius 3 is 2.67 bits per heavy atom. The SMILES string of the molecule is CN(C)Cc1ccc([C@@H]2CCCN2S(=O)(=O)c2cn(C)cn2)nc1. The van der Waals surface area contributed by atoms with Crippen molar-refractivity contribution in [3.05, 3.63) is 42.1 Å². The molecule has 1 aliphatic rings. The van der Waals surface area contributed by atoms with Gasteiger partial charge in [0.25, 0.3) is 10.0 Å². The van der Waals surface area contributed by atoms with Gasteiger partial charge in [0, 0.05) is 32.5 Å². The Morgan fingerprint density at radius 1 is 1.29 bits per heavy atom. The fourth-order valence-corrected chi connectivity index (χ4v) is 4.70. The molecule has 0 aromatic carbocycles. The van der Waals surface area contributed by atoms with Gasteiger partial charge in [-0.3, -0.25) is 4.98 Å². The molecule has 3 heterocycles. The number of imidazole rings is 1. The molecule has 0 bridgehead atoms. The van der Waals surface area contributed by atoms with Crippen molar-refractivity contribution >= 4 is 10.0 Å². The number of aryl methyl sites for hydroxylation is 1. The summed E-state index contributed by atoms with van der Waals surface area (Å²) in [5.74, 6) is 0. The molecule has 130 valence electrons. The van der Waals surface area contributed by atoms with Crippen molar-refractivity contribution in [2.75, 3.05) is 20.6 Å². The molecule has 3 rings (SSSR count). The third kappa shape index (κ3) is 3.35. The minimum Gasteiger partial charge on any atom is -0.339 e. The molecule has 0 aliphatic carbocycles. The Hall–Kier alpha value is -1.77. The second-order valence-corrected chi connectivity index (χ2v) is 8.32. The Bertz CT molecular complexity index is 798. The topological polar surface area (TPSA) is 71.3 Å². The lowest BCUT2D eigenvalue weighted by Crippen LogP contribution is -2.31. The maximum Gasteiger partial charge on any atom is 0.262 e. The van der Waals surface area contributed by atoms with Crippen LogP contribution in [0.15, 0.2) is 35.9 Å². The molecule has 0 saturated carbocycles. The van der Waals surface area contributed by atoms with Gasteiger partial charge in [0.2, 0.25) is 0 Å². The number of sulfonamides is 1. The molecule has 1 atom stereocenters. The van der Waals surface area contributed by atoms with Gasteiger partial charge < -0.3 is 9.47 Å². The summed E-state index contributed by atoms with van der Waals surface area (Å²) in [5.41, 5.74) is 1.91. The van der Waals surface area contributed by atoms with Crippen LogP contribution in [0.1, 0.15) is 30.1 Å². The summed E-state index contributed by atoms with van der Waals surface area (Å²) in [5, 5.41) is 0.0983. The van der Waals surface area contributed by atoms with E-state index in [4.69, 9.17) is 0 Å². The maximum absolute atomic E-state index is 12.9. The van der Waals surface area contributed by atoms with Crippen molar-refractivity contribution in [3.63, 3.8) is 0 Å². The van der Waals surface area contributed by atoms with Crippen LogP contribution >= 0.6 is 0 Å². The highest BCUT2D eigenvalue weighted by atomic mass is 32.2. The molecule has 0 unspecified atom stereocenters. The molecule has 24 heavy (non-hydrogen) atoms. The van der Waals surface area contributed by atoms with Gasteiger partial charge in [-0.15, -0.1) is 0 Å². The number of pyridine rings is 1. The Morgan fingerprint density at radius 2 is 2.08 bits per heavy atom. The third-order valence-electron chi connectivity index (χ3n) is 4.15. The van der Waals surface area contributed by atoms with Gasteiger partial charge in [0.1, 0.15) is 0 Å². The van der Waals surface area contributed by atoms with Crippen LogP contribution in [0.25, 0.3) is 0 Å². The van der Waals surface area contributed by atoms with E-state index in [0.717, 1.165) is 30.6 Å². The zero-order valence-corrected chi connectivity index (χ0v) is 15.1. The lowest BCUT2D eigenvalue weighted by molar-refractivity contribution is 0.387. The van der Waals surface area contributed by atoms with E-state index < -0.39 is 10.0 Å². The standard InChI is InChI=1S/C16H23N5O2S/c1-19(2)10-13-6-7-14(17-9-13)15-5-4-8-21(15)24(22,23)16-11-20(3)12-18-16/h6-7,9,11-12,15H,4-5,8,10H2,1-3H3/t15-/m0/s1. The molecular weight excluding hydrogens is 326 g/mol. The van der Waals surface area contributed by atoms with E-state index in [2.05, 4.69) is 14.9 Å². The lowest BCUT2D eigenvalue weighted by atomic mass is 10.1. The van der Waals surface area contributed by atoms with E-state index in [-0.39, 0.29) is 11.1 Å². The predicted octanol–water partition coefficient (Wildman–Crippen LogP) is 1.40. The molecule has 1 saturated heterocycles. The van der Waals surface area contributed by atoms with Crippen LogP contribution in [0.5, 0.6) is 0 Å². The van der Waals surface area contributed by atoms with E-state index in [9.17, 15) is 8.42 Å². The summed E-state index contributed by atoms with van der Waals surface area (Å²) >= 11 is 0. The van der Waals surface area contributed by atoms with Gasteiger partial charge in [-0.05, 0) is 38.6 Å². The van der Waals surface area contributed by atoms with Crippen LogP contribution in [-0.2, 0) is 23.6 Å². The first kappa shape index (κ1) is 17.1. The van der Waals surface area contributed by atoms with Crippen LogP contribution in [0, 0.1) is 0 Å². The number of nitrogens with zero attached hydrogens (tertiary/aromatic N) is 5. The van der Waals surface area contributed by atoms with Crippen LogP contribution in [0.4, 0.5) is 0 Å². The van der Waals surface area contributed by atoms with E-state index in [1.54, 1.807) is 17.8 Å². The molecule has 2 aromatic heterocycles. The lowest BCUT2D eigenvalue weighted by Gasteiger charge is -2.23. The van der Waals surface area contributed by atoms with Crippen LogP contribution in [-0.4, -0.2) is 52.8 Å². The van der Waals surface area contributed by atoms with E-state index in [0.29, 0.717) is 6.54 Å². The normalized spacial score (nSPS) is 19.2. The number of rotatable bonds is 5. The second kappa shape index (κ2) is 6.62. The Balaban J connectivity index is 1.85. The number of aromatic nitrogens is 3. The van der Waals surface area contributed by atoms with Gasteiger partial charge in [-0.25, -0.2) is 13.4 Å². The van der Waals surface area contributed by atoms with E-state index in [1.807, 2.05) is 32.4 Å². The molecule has 8 heteroatoms. The van der Waals surface area contributed by atoms with Crippen molar-refractivity contribution in [2.24, 2.45) is 7.05 Å². The van der Waals surface area contributed by atoms with Gasteiger partial charge in [-0.1, -0.05) is 6.07 Å². The third-order valence-corrected chi connectivity index (χ3v) is 5.94. The van der Waals surface area contributed by atoms with Crippen molar-refractivity contribution in [1.82, 2.24) is 23.7 Å². The van der Waals surface area contributed by atoms with Crippen LogP contribution in [0.3, 0.4) is 0 Å². The summed E-state index contributed by atoms with van der Waals surface area (Å²) in [6, 6.07) is 3.74. The van der Waals surface area contributed by atoms with E-state index >= 15 is 0 Å². The van der Waals surface area contributed by atoms with Crippen LogP contribution < -0.4 is 0 Å². The predicted molar refractivity (Wildman–Crippen MR) is 90.7 cm³/mol. The fraction of sp³-hybridized carbons (Fsp3) is 0.500. The quantitative estimate of drug-likeness (QED) is 0.816. The van der Waals surface area contributed by atoms with Gasteiger partial charge in [-0.2, -0.15) is 4.31 Å². The molecule has 0 radical (unpaired) electrons. The zero-order chi connectivity index (χ0) is 17.3. The average Bonchev–Trinajstić information content (AvgIpc) is 3.16. The van der Waals surface area contributed by atoms with E-state index in [1.165, 1.54) is 10.6 Å². The molecule has 2 aromatic rings. The summed E-state index contributed by atoms with van der Waals surface area (Å²) in [7, 11) is 2.18. The monoisotopic (exact) mass is 349 g/mol. The van der Waals surface area contributed by atoms with Crippen molar-refractivity contribution in [3.8, 4) is 0 Å². The molecule has 0 amide bonds. The average molecular weight is 349 g/mol. The highest BCUT2D eigenvalue weighted by Gasteiger charge is 2.38. The summed E-state index contributed by atoms with van der Waals surface area (Å²) < 4.78 is 28.9. The number of hydrogen-bond donors (Lipinski definition) is 0. The minimum absolute atomic E-state index is 0.0983. The largest absolute Gasteiger partial charge is 0.339 e. The van der Waals surface area contributed by atoms with Gasteiger partial charge in [0.15, 0.2) is 5.03 Å². The first-order chi connectivity index (χ1) is 11.4. The summed E-state index contributed by atoms with van der Waals surface area (Å²) in [6.45, 7) is 1.32. The zero-order valence-electron chi connectivity index (χ0n) is 14.3. The highest BCUT2D eigenvalue weighted by molar-refractivity contribution is 7.89. The van der Waals surface area contributed by atoms with Crippen molar-refractivity contribution in [1.29, 1.82) is 0 Å². The Labute approximate surface area is 143 Å². The highest BCUT2D eigenvalue weighted by Crippen LogP contribution is 2.35. The second-order valence-electron chi connectivity index (χ2n) is 6.48. The Kier molecular flexibility index (Phi) is 4.71. The van der Waals surface area contributed by atoms with Crippen molar-refractivity contribution < 1.29 is 8.42 Å². The molecule has 0 spiro atoms. The smallest absolute Gasteiger partial charge is 0.262 e. The molecule has 0 N–H and O–H groups in total. The molecule has 7 nitrogen and oxygen atoms in total. The summed E-state index contributed by atoms with van der Waals surface area (Å²) in [4.78, 5) is 10.6. The molecule has 1 aliphatic heterocycles. The van der Waals surface area contributed by atoms with Crippen LogP contribution in [0.2, 0.25) is 0 Å². The number of hydrogen-bond acceptors (Lipinski definition) is 5. The first-order valence-electron chi connectivity index (χ1n) is 7.97. The molecule has 1 fully saturated rings. The maximum atomic E-state index is 12.9. The van der Waals surface area contributed by atoms with Crippen molar-refractivity contribution in [2.45, 2.75) is 30.5 Å². The summed E-state index contributed by atoms with van der Waals surface area (Å²) in [6.07, 6.45) is 6.49. The molecular formula is C16H23N5O2S. The minimum atomic E-state index is -3.59. The van der Waals surface area contributed by atoms with Gasteiger partial charge in [0.05, 0.1) is 18.1 Å².